The number of pyridine rings is 1. The highest BCUT2D eigenvalue weighted by Gasteiger charge is 2.27. The summed E-state index contributed by atoms with van der Waals surface area (Å²) in [5, 5.41) is 13.9. The zero-order valence-electron chi connectivity index (χ0n) is 32.9. The molecule has 15 heteroatoms. The van der Waals surface area contributed by atoms with Gasteiger partial charge in [-0.2, -0.15) is 15.0 Å². The van der Waals surface area contributed by atoms with Gasteiger partial charge in [0.2, 0.25) is 5.91 Å². The van der Waals surface area contributed by atoms with Crippen molar-refractivity contribution in [3.63, 3.8) is 0 Å². The minimum Gasteiger partial charge on any atom is -0.482 e. The average Bonchev–Trinajstić information content (AvgIpc) is 3.78. The van der Waals surface area contributed by atoms with Crippen molar-refractivity contribution in [1.82, 2.24) is 35.5 Å². The second-order valence-electron chi connectivity index (χ2n) is 15.3. The van der Waals surface area contributed by atoms with Gasteiger partial charge in [0.25, 0.3) is 5.91 Å². The maximum atomic E-state index is 14.3. The van der Waals surface area contributed by atoms with E-state index >= 15 is 0 Å². The van der Waals surface area contributed by atoms with Crippen LogP contribution in [0.5, 0.6) is 5.75 Å². The molecule has 3 aliphatic heterocycles. The van der Waals surface area contributed by atoms with Crippen molar-refractivity contribution < 1.29 is 18.7 Å². The van der Waals surface area contributed by atoms with Crippen molar-refractivity contribution >= 4 is 35.1 Å². The molecule has 6 N–H and O–H groups in total. The van der Waals surface area contributed by atoms with Gasteiger partial charge in [0.1, 0.15) is 18.0 Å². The van der Waals surface area contributed by atoms with E-state index in [9.17, 15) is 14.0 Å². The number of rotatable bonds is 13. The third-order valence-electron chi connectivity index (χ3n) is 11.4. The number of hydrogen-bond donors (Lipinski definition) is 4. The van der Waals surface area contributed by atoms with Gasteiger partial charge in [-0.05, 0) is 113 Å². The van der Waals surface area contributed by atoms with Gasteiger partial charge < -0.3 is 36.6 Å². The number of halogens is 1. The number of carbonyl (C=O) groups is 2. The van der Waals surface area contributed by atoms with Crippen LogP contribution in [0.4, 0.5) is 15.9 Å². The number of carbonyl (C=O) groups excluding carboxylic acids is 2. The van der Waals surface area contributed by atoms with Crippen molar-refractivity contribution in [2.45, 2.75) is 70.1 Å². The first-order valence-corrected chi connectivity index (χ1v) is 20.0. The number of hydrogen-bond acceptors (Lipinski definition) is 11. The Bertz CT molecular complexity index is 2120. The van der Waals surface area contributed by atoms with Crippen LogP contribution >= 0.6 is 0 Å². The Labute approximate surface area is 338 Å². The van der Waals surface area contributed by atoms with E-state index in [4.69, 9.17) is 21.2 Å². The second kappa shape index (κ2) is 18.4. The van der Waals surface area contributed by atoms with Crippen LogP contribution in [-0.4, -0.2) is 87.7 Å². The minimum absolute atomic E-state index is 0.193. The van der Waals surface area contributed by atoms with Gasteiger partial charge in [0.05, 0.1) is 24.1 Å². The summed E-state index contributed by atoms with van der Waals surface area (Å²) >= 11 is 0. The maximum Gasteiger partial charge on any atom is 0.251 e. The van der Waals surface area contributed by atoms with Crippen LogP contribution in [0.2, 0.25) is 0 Å². The van der Waals surface area contributed by atoms with Crippen molar-refractivity contribution in [1.29, 1.82) is 0 Å². The zero-order chi connectivity index (χ0) is 40.6. The second-order valence-corrected chi connectivity index (χ2v) is 15.3. The predicted molar refractivity (Wildman–Crippen MR) is 223 cm³/mol. The SMILES string of the molecule is C=C1CCC(NC(=O)c2ccc(N3CCC(CCN4CCC(N=C/C(=C\N)c5cnc(N)c(OC(C)c6cc(F)ccc6-n6nccn6)c5)CC4)CC3)cc2)C(=O)N1. The summed E-state index contributed by atoms with van der Waals surface area (Å²) in [6.07, 6.45) is 14.1. The molecule has 2 amide bonds. The quantitative estimate of drug-likeness (QED) is 0.132. The highest BCUT2D eigenvalue weighted by molar-refractivity contribution is 6.09. The molecule has 0 spiro atoms. The molecular weight excluding hydrogens is 738 g/mol. The molecule has 3 aliphatic rings. The van der Waals surface area contributed by atoms with Crippen molar-refractivity contribution in [3.05, 3.63) is 108 Å². The summed E-state index contributed by atoms with van der Waals surface area (Å²) < 4.78 is 20.5. The van der Waals surface area contributed by atoms with E-state index in [0.717, 1.165) is 64.1 Å². The van der Waals surface area contributed by atoms with Crippen molar-refractivity contribution in [3.8, 4) is 11.4 Å². The number of amides is 2. The monoisotopic (exact) mass is 789 g/mol. The number of nitrogens with one attached hydrogen (secondary N) is 2. The van der Waals surface area contributed by atoms with Gasteiger partial charge in [-0.25, -0.2) is 9.37 Å². The molecule has 2 aromatic carbocycles. The summed E-state index contributed by atoms with van der Waals surface area (Å²) in [5.74, 6) is 0.376. The van der Waals surface area contributed by atoms with Crippen molar-refractivity contribution in [2.75, 3.05) is 43.4 Å². The Morgan fingerprint density at radius 2 is 1.79 bits per heavy atom. The Hall–Kier alpha value is -6.09. The molecule has 14 nitrogen and oxygen atoms in total. The van der Waals surface area contributed by atoms with Gasteiger partial charge in [-0.3, -0.25) is 14.6 Å². The first-order valence-electron chi connectivity index (χ1n) is 20.0. The van der Waals surface area contributed by atoms with E-state index in [-0.39, 0.29) is 23.7 Å². The summed E-state index contributed by atoms with van der Waals surface area (Å²) in [5.41, 5.74) is 17.2. The number of anilines is 2. The maximum absolute atomic E-state index is 14.3. The molecule has 2 unspecified atom stereocenters. The lowest BCUT2D eigenvalue weighted by Gasteiger charge is -2.36. The molecule has 304 valence electrons. The van der Waals surface area contributed by atoms with Gasteiger partial charge >= 0.3 is 0 Å². The molecular formula is C43H52FN11O3. The van der Waals surface area contributed by atoms with Crippen LogP contribution < -0.4 is 31.7 Å². The topological polar surface area (TPSA) is 182 Å². The largest absolute Gasteiger partial charge is 0.482 e. The van der Waals surface area contributed by atoms with Crippen molar-refractivity contribution in [2.24, 2.45) is 16.6 Å². The number of likely N-dealkylation sites (tertiary alicyclic amines) is 1. The Balaban J connectivity index is 0.841. The summed E-state index contributed by atoms with van der Waals surface area (Å²) in [4.78, 5) is 40.6. The molecule has 3 saturated heterocycles. The van der Waals surface area contributed by atoms with E-state index in [1.807, 2.05) is 24.3 Å². The normalized spacial score (nSPS) is 19.3. The number of piperidine rings is 3. The number of nitrogens with two attached hydrogens (primary N) is 2. The summed E-state index contributed by atoms with van der Waals surface area (Å²) in [7, 11) is 0. The van der Waals surface area contributed by atoms with Crippen LogP contribution in [0.3, 0.4) is 0 Å². The zero-order valence-corrected chi connectivity index (χ0v) is 32.9. The fourth-order valence-corrected chi connectivity index (χ4v) is 7.85. The Kier molecular flexibility index (Phi) is 12.8. The smallest absolute Gasteiger partial charge is 0.251 e. The predicted octanol–water partition coefficient (Wildman–Crippen LogP) is 5.19. The molecule has 0 radical (unpaired) electrons. The Morgan fingerprint density at radius 1 is 1.05 bits per heavy atom. The molecule has 5 heterocycles. The molecule has 3 fully saturated rings. The van der Waals surface area contributed by atoms with Crippen LogP contribution in [0.1, 0.15) is 79.5 Å². The molecule has 7 rings (SSSR count). The number of aliphatic imine (C=N–C) groups is 1. The lowest BCUT2D eigenvalue weighted by atomic mass is 9.92. The van der Waals surface area contributed by atoms with Crippen LogP contribution in [0.15, 0.2) is 90.6 Å². The number of allylic oxidation sites excluding steroid dienone is 2. The van der Waals surface area contributed by atoms with Gasteiger partial charge in [-0.1, -0.05) is 6.58 Å². The van der Waals surface area contributed by atoms with Gasteiger partial charge in [-0.15, -0.1) is 0 Å². The standard InChI is InChI=1S/C43H52FN11O3/c1-28-3-9-38(43(57)51-28)52-42(56)31-4-7-36(8-5-31)54-21-12-30(13-22-54)11-18-53-19-14-35(15-20-53)47-27-33(25-45)32-23-40(41(46)48-26-32)58-29(2)37-24-34(44)6-10-39(37)55-49-16-17-50-55/h4-8,10,16-17,23-27,29-30,35,38H,1,3,9,11-15,18-22,45H2,2H3,(H2,46,48)(H,51,57)(H,52,56)/b33-25+,47-27?. The van der Waals surface area contributed by atoms with E-state index < -0.39 is 18.0 Å². The first-order chi connectivity index (χ1) is 28.1. The van der Waals surface area contributed by atoms with Crippen LogP contribution in [0.25, 0.3) is 11.3 Å². The number of aromatic nitrogens is 4. The first kappa shape index (κ1) is 40.1. The molecule has 0 bridgehead atoms. The number of nitrogens with zero attached hydrogens (tertiary/aromatic N) is 7. The van der Waals surface area contributed by atoms with Gasteiger partial charge in [0, 0.05) is 78.4 Å². The lowest BCUT2D eigenvalue weighted by molar-refractivity contribution is -0.123. The minimum atomic E-state index is -0.596. The average molecular weight is 790 g/mol. The van der Waals surface area contributed by atoms with Crippen LogP contribution in [-0.2, 0) is 4.79 Å². The molecule has 2 atom stereocenters. The van der Waals surface area contributed by atoms with Gasteiger partial charge in [0.15, 0.2) is 11.6 Å². The molecule has 0 saturated carbocycles. The third kappa shape index (κ3) is 9.88. The summed E-state index contributed by atoms with van der Waals surface area (Å²) in [6, 6.07) is 13.5. The van der Waals surface area contributed by atoms with E-state index in [2.05, 4.69) is 42.2 Å². The Morgan fingerprint density at radius 3 is 2.50 bits per heavy atom. The van der Waals surface area contributed by atoms with E-state index in [1.165, 1.54) is 29.6 Å². The fraction of sp³-hybridized carbons (Fsp3) is 0.395. The fourth-order valence-electron chi connectivity index (χ4n) is 7.85. The molecule has 2 aromatic heterocycles. The molecule has 58 heavy (non-hydrogen) atoms. The highest BCUT2D eigenvalue weighted by Crippen LogP contribution is 2.32. The molecule has 0 aliphatic carbocycles. The summed E-state index contributed by atoms with van der Waals surface area (Å²) in [6.45, 7) is 10.7. The number of nitrogen functional groups attached to an aromatic ring is 1. The van der Waals surface area contributed by atoms with E-state index in [1.54, 1.807) is 43.9 Å². The van der Waals surface area contributed by atoms with E-state index in [0.29, 0.717) is 58.2 Å². The highest BCUT2D eigenvalue weighted by atomic mass is 19.1. The third-order valence-corrected chi connectivity index (χ3v) is 11.4. The number of benzene rings is 2. The lowest BCUT2D eigenvalue weighted by Crippen LogP contribution is -2.49. The van der Waals surface area contributed by atoms with Crippen LogP contribution in [0, 0.1) is 11.7 Å². The molecule has 4 aromatic rings. The number of ether oxygens (including phenoxy) is 1.